The second kappa shape index (κ2) is 5.32. The van der Waals surface area contributed by atoms with Crippen molar-refractivity contribution < 1.29 is 4.79 Å². The van der Waals surface area contributed by atoms with Gasteiger partial charge in [0.05, 0.1) is 6.07 Å². The van der Waals surface area contributed by atoms with Crippen molar-refractivity contribution in [1.29, 1.82) is 5.26 Å². The van der Waals surface area contributed by atoms with Crippen molar-refractivity contribution in [3.63, 3.8) is 0 Å². The van der Waals surface area contributed by atoms with E-state index in [-0.39, 0.29) is 5.91 Å². The van der Waals surface area contributed by atoms with E-state index in [2.05, 4.69) is 0 Å². The maximum Gasteiger partial charge on any atom is 0.244 e. The molecule has 1 atom stereocenters. The van der Waals surface area contributed by atoms with Gasteiger partial charge in [-0.1, -0.05) is 19.1 Å². The van der Waals surface area contributed by atoms with Crippen LogP contribution in [0.5, 0.6) is 0 Å². The standard InChI is InChI=1S/C13H16N2O/c1-4-11(9-14)13(16)15(3)12-7-5-6-10(2)8-12/h5-8,11H,4H2,1-3H3. The molecule has 1 amide bonds. The van der Waals surface area contributed by atoms with Crippen molar-refractivity contribution in [2.45, 2.75) is 20.3 Å². The third kappa shape index (κ3) is 2.60. The fourth-order valence-corrected chi connectivity index (χ4v) is 1.52. The summed E-state index contributed by atoms with van der Waals surface area (Å²) in [6.45, 7) is 3.82. The number of benzene rings is 1. The van der Waals surface area contributed by atoms with E-state index in [0.717, 1.165) is 11.3 Å². The normalized spacial score (nSPS) is 11.6. The summed E-state index contributed by atoms with van der Waals surface area (Å²) in [4.78, 5) is 13.5. The molecule has 84 valence electrons. The molecule has 0 N–H and O–H groups in total. The van der Waals surface area contributed by atoms with Crippen LogP contribution in [0.1, 0.15) is 18.9 Å². The molecule has 0 saturated heterocycles. The molecule has 1 rings (SSSR count). The van der Waals surface area contributed by atoms with E-state index in [4.69, 9.17) is 5.26 Å². The summed E-state index contributed by atoms with van der Waals surface area (Å²) >= 11 is 0. The van der Waals surface area contributed by atoms with Crippen molar-refractivity contribution in [3.05, 3.63) is 29.8 Å². The zero-order valence-electron chi connectivity index (χ0n) is 9.90. The second-order valence-corrected chi connectivity index (χ2v) is 3.83. The Hall–Kier alpha value is -1.82. The van der Waals surface area contributed by atoms with Crippen molar-refractivity contribution in [2.75, 3.05) is 11.9 Å². The van der Waals surface area contributed by atoms with Gasteiger partial charge in [0.25, 0.3) is 0 Å². The summed E-state index contributed by atoms with van der Waals surface area (Å²) in [6.07, 6.45) is 0.547. The number of carbonyl (C=O) groups is 1. The van der Waals surface area contributed by atoms with Crippen molar-refractivity contribution >= 4 is 11.6 Å². The Kier molecular flexibility index (Phi) is 4.07. The maximum absolute atomic E-state index is 11.9. The van der Waals surface area contributed by atoms with Crippen LogP contribution in [0, 0.1) is 24.2 Å². The Morgan fingerprint density at radius 3 is 2.75 bits per heavy atom. The van der Waals surface area contributed by atoms with Crippen LogP contribution in [0.3, 0.4) is 0 Å². The summed E-state index contributed by atoms with van der Waals surface area (Å²) in [7, 11) is 1.71. The Morgan fingerprint density at radius 1 is 1.56 bits per heavy atom. The molecule has 1 aromatic rings. The molecule has 0 aliphatic heterocycles. The molecule has 0 heterocycles. The molecule has 0 saturated carbocycles. The average molecular weight is 216 g/mol. The third-order valence-corrected chi connectivity index (χ3v) is 2.58. The Bertz CT molecular complexity index is 420. The van der Waals surface area contributed by atoms with Gasteiger partial charge >= 0.3 is 0 Å². The van der Waals surface area contributed by atoms with Crippen LogP contribution >= 0.6 is 0 Å². The highest BCUT2D eigenvalue weighted by molar-refractivity contribution is 5.96. The number of aryl methyl sites for hydroxylation is 1. The zero-order chi connectivity index (χ0) is 12.1. The quantitative estimate of drug-likeness (QED) is 0.779. The van der Waals surface area contributed by atoms with Crippen molar-refractivity contribution in [1.82, 2.24) is 0 Å². The van der Waals surface area contributed by atoms with Crippen LogP contribution < -0.4 is 4.90 Å². The highest BCUT2D eigenvalue weighted by Gasteiger charge is 2.20. The highest BCUT2D eigenvalue weighted by atomic mass is 16.2. The molecular formula is C13H16N2O. The topological polar surface area (TPSA) is 44.1 Å². The van der Waals surface area contributed by atoms with Gasteiger partial charge in [0.2, 0.25) is 5.91 Å². The van der Waals surface area contributed by atoms with Crippen LogP contribution in [0.2, 0.25) is 0 Å². The summed E-state index contributed by atoms with van der Waals surface area (Å²) in [6, 6.07) is 9.71. The van der Waals surface area contributed by atoms with E-state index in [1.54, 1.807) is 11.9 Å². The molecule has 16 heavy (non-hydrogen) atoms. The molecule has 3 heteroatoms. The minimum atomic E-state index is -0.550. The van der Waals surface area contributed by atoms with Crippen molar-refractivity contribution in [3.8, 4) is 6.07 Å². The molecule has 1 unspecified atom stereocenters. The molecule has 0 aliphatic carbocycles. The number of amides is 1. The maximum atomic E-state index is 11.9. The number of anilines is 1. The summed E-state index contributed by atoms with van der Waals surface area (Å²) < 4.78 is 0. The van der Waals surface area contributed by atoms with Crippen LogP contribution in [0.4, 0.5) is 5.69 Å². The van der Waals surface area contributed by atoms with Gasteiger partial charge in [-0.15, -0.1) is 0 Å². The Labute approximate surface area is 96.3 Å². The van der Waals surface area contributed by atoms with Gasteiger partial charge in [-0.3, -0.25) is 4.79 Å². The predicted octanol–water partition coefficient (Wildman–Crippen LogP) is 2.51. The first-order chi connectivity index (χ1) is 7.60. The average Bonchev–Trinajstić information content (AvgIpc) is 2.29. The molecule has 0 aromatic heterocycles. The smallest absolute Gasteiger partial charge is 0.244 e. The van der Waals surface area contributed by atoms with Gasteiger partial charge in [-0.05, 0) is 31.0 Å². The molecular weight excluding hydrogens is 200 g/mol. The summed E-state index contributed by atoms with van der Waals surface area (Å²) in [5.74, 6) is -0.693. The molecule has 0 fully saturated rings. The third-order valence-electron chi connectivity index (χ3n) is 2.58. The van der Waals surface area contributed by atoms with Gasteiger partial charge in [0, 0.05) is 12.7 Å². The fraction of sp³-hybridized carbons (Fsp3) is 0.385. The van der Waals surface area contributed by atoms with Gasteiger partial charge in [-0.25, -0.2) is 0 Å². The molecule has 1 aromatic carbocycles. The number of hydrogen-bond donors (Lipinski definition) is 0. The minimum absolute atomic E-state index is 0.143. The van der Waals surface area contributed by atoms with E-state index in [1.807, 2.05) is 44.2 Å². The second-order valence-electron chi connectivity index (χ2n) is 3.83. The SMILES string of the molecule is CCC(C#N)C(=O)N(C)c1cccc(C)c1. The van der Waals surface area contributed by atoms with E-state index < -0.39 is 5.92 Å². The molecule has 0 radical (unpaired) electrons. The summed E-state index contributed by atoms with van der Waals surface area (Å²) in [5.41, 5.74) is 1.93. The summed E-state index contributed by atoms with van der Waals surface area (Å²) in [5, 5.41) is 8.85. The van der Waals surface area contributed by atoms with Crippen LogP contribution in [0.15, 0.2) is 24.3 Å². The van der Waals surface area contributed by atoms with E-state index in [0.29, 0.717) is 6.42 Å². The van der Waals surface area contributed by atoms with Crippen LogP contribution in [-0.4, -0.2) is 13.0 Å². The van der Waals surface area contributed by atoms with E-state index >= 15 is 0 Å². The lowest BCUT2D eigenvalue weighted by molar-refractivity contribution is -0.120. The number of carbonyl (C=O) groups excluding carboxylic acids is 1. The van der Waals surface area contributed by atoms with Crippen LogP contribution in [0.25, 0.3) is 0 Å². The predicted molar refractivity (Wildman–Crippen MR) is 64.0 cm³/mol. The Balaban J connectivity index is 2.90. The number of nitriles is 1. The molecule has 0 aliphatic rings. The van der Waals surface area contributed by atoms with Gasteiger partial charge < -0.3 is 4.90 Å². The first kappa shape index (κ1) is 12.3. The lowest BCUT2D eigenvalue weighted by Gasteiger charge is -2.19. The number of rotatable bonds is 3. The number of hydrogen-bond acceptors (Lipinski definition) is 2. The van der Waals surface area contributed by atoms with Gasteiger partial charge in [-0.2, -0.15) is 5.26 Å². The molecule has 3 nitrogen and oxygen atoms in total. The Morgan fingerprint density at radius 2 is 2.25 bits per heavy atom. The molecule has 0 bridgehead atoms. The van der Waals surface area contributed by atoms with E-state index in [1.165, 1.54) is 0 Å². The number of nitrogens with zero attached hydrogens (tertiary/aromatic N) is 2. The van der Waals surface area contributed by atoms with E-state index in [9.17, 15) is 4.79 Å². The largest absolute Gasteiger partial charge is 0.314 e. The van der Waals surface area contributed by atoms with Crippen molar-refractivity contribution in [2.24, 2.45) is 5.92 Å². The first-order valence-electron chi connectivity index (χ1n) is 5.34. The lowest BCUT2D eigenvalue weighted by Crippen LogP contribution is -2.31. The van der Waals surface area contributed by atoms with Gasteiger partial charge in [0.15, 0.2) is 0 Å². The highest BCUT2D eigenvalue weighted by Crippen LogP contribution is 2.17. The van der Waals surface area contributed by atoms with Crippen LogP contribution in [-0.2, 0) is 4.79 Å². The zero-order valence-corrected chi connectivity index (χ0v) is 9.90. The molecule has 0 spiro atoms. The monoisotopic (exact) mass is 216 g/mol. The van der Waals surface area contributed by atoms with Gasteiger partial charge in [0.1, 0.15) is 5.92 Å². The fourth-order valence-electron chi connectivity index (χ4n) is 1.52. The minimum Gasteiger partial charge on any atom is -0.314 e. The first-order valence-corrected chi connectivity index (χ1v) is 5.34. The lowest BCUT2D eigenvalue weighted by atomic mass is 10.1.